The van der Waals surface area contributed by atoms with Crippen LogP contribution in [0.15, 0.2) is 18.2 Å². The maximum atomic E-state index is 12.9. The van der Waals surface area contributed by atoms with Crippen molar-refractivity contribution >= 4 is 29.2 Å². The van der Waals surface area contributed by atoms with E-state index in [1.165, 1.54) is 19.1 Å². The second kappa shape index (κ2) is 4.94. The summed E-state index contributed by atoms with van der Waals surface area (Å²) in [4.78, 5) is 22.7. The van der Waals surface area contributed by atoms with Gasteiger partial charge in [-0.25, -0.2) is 4.39 Å². The normalized spacial score (nSPS) is 9.94. The highest BCUT2D eigenvalue weighted by Gasteiger charge is 2.16. The van der Waals surface area contributed by atoms with Gasteiger partial charge in [0.2, 0.25) is 5.91 Å². The predicted octanol–water partition coefficient (Wildman–Crippen LogP) is 1.92. The van der Waals surface area contributed by atoms with Crippen LogP contribution in [-0.4, -0.2) is 23.5 Å². The molecule has 0 unspecified atom stereocenters. The molecule has 1 aromatic carbocycles. The monoisotopic (exact) mass is 245 g/mol. The minimum Gasteiger partial charge on any atom is -0.480 e. The van der Waals surface area contributed by atoms with E-state index in [9.17, 15) is 14.0 Å². The van der Waals surface area contributed by atoms with E-state index < -0.39 is 24.2 Å². The third kappa shape index (κ3) is 2.93. The molecule has 16 heavy (non-hydrogen) atoms. The van der Waals surface area contributed by atoms with Crippen LogP contribution >= 0.6 is 11.6 Å². The molecule has 86 valence electrons. The minimum absolute atomic E-state index is 0.158. The topological polar surface area (TPSA) is 57.6 Å². The molecule has 1 amide bonds. The molecule has 1 N–H and O–H groups in total. The number of aliphatic carboxylic acids is 1. The molecule has 0 aliphatic carbocycles. The van der Waals surface area contributed by atoms with Gasteiger partial charge in [-0.3, -0.25) is 9.59 Å². The third-order valence-electron chi connectivity index (χ3n) is 1.89. The molecule has 0 saturated heterocycles. The van der Waals surface area contributed by atoms with Crippen molar-refractivity contribution in [2.24, 2.45) is 0 Å². The summed E-state index contributed by atoms with van der Waals surface area (Å²) in [6.45, 7) is 0.734. The summed E-state index contributed by atoms with van der Waals surface area (Å²) in [5, 5.41) is 8.46. The summed E-state index contributed by atoms with van der Waals surface area (Å²) in [5.41, 5.74) is 0.251. The van der Waals surface area contributed by atoms with E-state index in [1.807, 2.05) is 0 Å². The van der Waals surface area contributed by atoms with Gasteiger partial charge in [0.1, 0.15) is 12.4 Å². The van der Waals surface area contributed by atoms with Gasteiger partial charge in [0, 0.05) is 12.6 Å². The van der Waals surface area contributed by atoms with Crippen molar-refractivity contribution in [3.63, 3.8) is 0 Å². The van der Waals surface area contributed by atoms with Gasteiger partial charge in [0.05, 0.1) is 5.02 Å². The van der Waals surface area contributed by atoms with Crippen molar-refractivity contribution in [3.05, 3.63) is 29.0 Å². The van der Waals surface area contributed by atoms with Crippen LogP contribution in [0.4, 0.5) is 10.1 Å². The molecule has 0 aliphatic rings. The first-order chi connectivity index (χ1) is 7.41. The molecule has 0 spiro atoms. The van der Waals surface area contributed by atoms with Gasteiger partial charge in [0.15, 0.2) is 0 Å². The molecular formula is C10H9ClFNO3. The number of hydrogen-bond donors (Lipinski definition) is 1. The fraction of sp³-hybridized carbons (Fsp3) is 0.200. The fourth-order valence-electron chi connectivity index (χ4n) is 1.17. The van der Waals surface area contributed by atoms with Gasteiger partial charge in [-0.1, -0.05) is 11.6 Å². The van der Waals surface area contributed by atoms with Crippen molar-refractivity contribution in [1.82, 2.24) is 0 Å². The largest absolute Gasteiger partial charge is 0.480 e. The van der Waals surface area contributed by atoms with Crippen molar-refractivity contribution in [3.8, 4) is 0 Å². The molecular weight excluding hydrogens is 237 g/mol. The SMILES string of the molecule is CC(=O)N(CC(=O)O)c1ccc(F)c(Cl)c1. The van der Waals surface area contributed by atoms with Crippen LogP contribution in [0.3, 0.4) is 0 Å². The summed E-state index contributed by atoms with van der Waals surface area (Å²) in [5.74, 6) is -2.23. The van der Waals surface area contributed by atoms with E-state index in [0.717, 1.165) is 11.0 Å². The Morgan fingerprint density at radius 3 is 2.56 bits per heavy atom. The van der Waals surface area contributed by atoms with Crippen molar-refractivity contribution in [2.45, 2.75) is 6.92 Å². The Balaban J connectivity index is 3.06. The van der Waals surface area contributed by atoms with Crippen LogP contribution in [0.5, 0.6) is 0 Å². The van der Waals surface area contributed by atoms with Crippen molar-refractivity contribution < 1.29 is 19.1 Å². The lowest BCUT2D eigenvalue weighted by molar-refractivity contribution is -0.136. The Kier molecular flexibility index (Phi) is 3.84. The Morgan fingerprint density at radius 2 is 2.12 bits per heavy atom. The zero-order valence-electron chi connectivity index (χ0n) is 8.41. The summed E-state index contributed by atoms with van der Waals surface area (Å²) in [7, 11) is 0. The standard InChI is InChI=1S/C10H9ClFNO3/c1-6(14)13(5-10(15)16)7-2-3-9(12)8(11)4-7/h2-4H,5H2,1H3,(H,15,16). The number of halogens is 2. The highest BCUT2D eigenvalue weighted by Crippen LogP contribution is 2.22. The number of nitrogens with zero attached hydrogens (tertiary/aromatic N) is 1. The minimum atomic E-state index is -1.16. The molecule has 0 radical (unpaired) electrons. The van der Waals surface area contributed by atoms with Gasteiger partial charge in [-0.05, 0) is 18.2 Å². The number of carbonyl (C=O) groups is 2. The van der Waals surface area contributed by atoms with Crippen LogP contribution in [0.25, 0.3) is 0 Å². The van der Waals surface area contributed by atoms with Crippen molar-refractivity contribution in [2.75, 3.05) is 11.4 Å². The quantitative estimate of drug-likeness (QED) is 0.885. The van der Waals surface area contributed by atoms with E-state index in [1.54, 1.807) is 0 Å². The molecule has 0 atom stereocenters. The van der Waals surface area contributed by atoms with Gasteiger partial charge in [0.25, 0.3) is 0 Å². The van der Waals surface area contributed by atoms with Gasteiger partial charge >= 0.3 is 5.97 Å². The Morgan fingerprint density at radius 1 is 1.50 bits per heavy atom. The molecule has 0 heterocycles. The van der Waals surface area contributed by atoms with Crippen LogP contribution in [-0.2, 0) is 9.59 Å². The van der Waals surface area contributed by atoms with Crippen molar-refractivity contribution in [1.29, 1.82) is 0 Å². The van der Waals surface area contributed by atoms with Crippen LogP contribution in [0.1, 0.15) is 6.92 Å². The lowest BCUT2D eigenvalue weighted by Gasteiger charge is -2.19. The van der Waals surface area contributed by atoms with E-state index in [-0.39, 0.29) is 10.7 Å². The molecule has 4 nitrogen and oxygen atoms in total. The number of carboxylic acids is 1. The first-order valence-corrected chi connectivity index (χ1v) is 4.74. The maximum absolute atomic E-state index is 12.9. The van der Waals surface area contributed by atoms with E-state index >= 15 is 0 Å². The first kappa shape index (κ1) is 12.4. The average Bonchev–Trinajstić information content (AvgIpc) is 2.18. The summed E-state index contributed by atoms with van der Waals surface area (Å²) in [6, 6.07) is 3.59. The number of amides is 1. The van der Waals surface area contributed by atoms with E-state index in [2.05, 4.69) is 0 Å². The second-order valence-electron chi connectivity index (χ2n) is 3.10. The zero-order chi connectivity index (χ0) is 12.3. The highest BCUT2D eigenvalue weighted by atomic mass is 35.5. The van der Waals surface area contributed by atoms with Crippen LogP contribution in [0.2, 0.25) is 5.02 Å². The van der Waals surface area contributed by atoms with Crippen LogP contribution < -0.4 is 4.90 Å². The maximum Gasteiger partial charge on any atom is 0.323 e. The number of benzene rings is 1. The molecule has 0 aliphatic heterocycles. The Hall–Kier alpha value is -1.62. The van der Waals surface area contributed by atoms with E-state index in [4.69, 9.17) is 16.7 Å². The fourth-order valence-corrected chi connectivity index (χ4v) is 1.35. The van der Waals surface area contributed by atoms with Crippen LogP contribution in [0, 0.1) is 5.82 Å². The summed E-state index contributed by atoms with van der Waals surface area (Å²) in [6.07, 6.45) is 0. The summed E-state index contributed by atoms with van der Waals surface area (Å²) >= 11 is 5.54. The Bertz CT molecular complexity index is 436. The number of carboxylic acid groups (broad SMARTS) is 1. The average molecular weight is 246 g/mol. The second-order valence-corrected chi connectivity index (χ2v) is 3.50. The molecule has 0 aromatic heterocycles. The third-order valence-corrected chi connectivity index (χ3v) is 2.18. The van der Waals surface area contributed by atoms with Gasteiger partial charge in [-0.2, -0.15) is 0 Å². The lowest BCUT2D eigenvalue weighted by Crippen LogP contribution is -2.33. The predicted molar refractivity (Wildman–Crippen MR) is 57.1 cm³/mol. The number of carbonyl (C=O) groups excluding carboxylic acids is 1. The zero-order valence-corrected chi connectivity index (χ0v) is 9.16. The number of rotatable bonds is 3. The molecule has 0 fully saturated rings. The molecule has 6 heteroatoms. The first-order valence-electron chi connectivity index (χ1n) is 4.36. The molecule has 1 aromatic rings. The van der Waals surface area contributed by atoms with E-state index in [0.29, 0.717) is 0 Å². The number of anilines is 1. The molecule has 0 saturated carbocycles. The lowest BCUT2D eigenvalue weighted by atomic mass is 10.2. The number of hydrogen-bond acceptors (Lipinski definition) is 2. The summed E-state index contributed by atoms with van der Waals surface area (Å²) < 4.78 is 12.9. The highest BCUT2D eigenvalue weighted by molar-refractivity contribution is 6.31. The molecule has 1 rings (SSSR count). The van der Waals surface area contributed by atoms with Gasteiger partial charge < -0.3 is 10.0 Å². The Labute approximate surface area is 96.2 Å². The molecule has 0 bridgehead atoms. The van der Waals surface area contributed by atoms with Gasteiger partial charge in [-0.15, -0.1) is 0 Å². The smallest absolute Gasteiger partial charge is 0.323 e.